The summed E-state index contributed by atoms with van der Waals surface area (Å²) in [5, 5.41) is 0. The number of para-hydroxylation sites is 1. The second kappa shape index (κ2) is 1.33. The van der Waals surface area contributed by atoms with E-state index in [1.807, 2.05) is 18.2 Å². The highest BCUT2D eigenvalue weighted by Gasteiger charge is 2.57. The summed E-state index contributed by atoms with van der Waals surface area (Å²) >= 11 is 0. The Kier molecular flexibility index (Phi) is 0.645. The third kappa shape index (κ3) is 0.473. The van der Waals surface area contributed by atoms with Crippen molar-refractivity contribution in [3.05, 3.63) is 29.8 Å². The number of rotatable bonds is 0. The molecule has 11 heavy (non-hydrogen) atoms. The van der Waals surface area contributed by atoms with Gasteiger partial charge in [0.25, 0.3) is 0 Å². The third-order valence-electron chi connectivity index (χ3n) is 2.31. The van der Waals surface area contributed by atoms with Crippen LogP contribution >= 0.6 is 0 Å². The molecule has 1 atom stereocenters. The molecular weight excluding hydrogens is 138 g/mol. The fourth-order valence-corrected chi connectivity index (χ4v) is 1.55. The lowest BCUT2D eigenvalue weighted by Crippen LogP contribution is -1.99. The normalized spacial score (nSPS) is 30.1. The van der Waals surface area contributed by atoms with Crippen LogP contribution in [0.1, 0.15) is 12.5 Å². The van der Waals surface area contributed by atoms with Crippen molar-refractivity contribution in [2.75, 3.05) is 0 Å². The first-order valence-corrected chi connectivity index (χ1v) is 3.68. The zero-order chi connectivity index (χ0) is 7.47. The van der Waals surface area contributed by atoms with E-state index >= 15 is 0 Å². The van der Waals surface area contributed by atoms with Crippen LogP contribution in [0.5, 0.6) is 0 Å². The van der Waals surface area contributed by atoms with Crippen LogP contribution < -0.4 is 0 Å². The van der Waals surface area contributed by atoms with Gasteiger partial charge in [0.15, 0.2) is 0 Å². The minimum absolute atomic E-state index is 0.156. The standard InChI is InChI=1S/C9H7NO/c1-9-6-4-2-3-5-7(6)10-8(9)11-9/h2-5H,1H3. The highest BCUT2D eigenvalue weighted by atomic mass is 16.6. The topological polar surface area (TPSA) is 24.9 Å². The lowest BCUT2D eigenvalue weighted by atomic mass is 10.0. The first-order valence-electron chi connectivity index (χ1n) is 3.68. The van der Waals surface area contributed by atoms with E-state index in [1.165, 1.54) is 5.56 Å². The van der Waals surface area contributed by atoms with Gasteiger partial charge < -0.3 is 4.74 Å². The summed E-state index contributed by atoms with van der Waals surface area (Å²) in [6.07, 6.45) is 0. The predicted octanol–water partition coefficient (Wildman–Crippen LogP) is 1.98. The molecule has 0 aliphatic carbocycles. The molecule has 2 nitrogen and oxygen atoms in total. The quantitative estimate of drug-likeness (QED) is 0.512. The summed E-state index contributed by atoms with van der Waals surface area (Å²) in [7, 11) is 0. The Morgan fingerprint density at radius 2 is 2.18 bits per heavy atom. The molecule has 0 bridgehead atoms. The summed E-state index contributed by atoms with van der Waals surface area (Å²) in [6, 6.07) is 8.10. The highest BCUT2D eigenvalue weighted by molar-refractivity contribution is 6.05. The molecule has 1 fully saturated rings. The molecule has 2 aliphatic rings. The van der Waals surface area contributed by atoms with Gasteiger partial charge in [-0.3, -0.25) is 0 Å². The van der Waals surface area contributed by atoms with Crippen LogP contribution in [0, 0.1) is 0 Å². The number of fused-ring (bicyclic) bond motifs is 3. The van der Waals surface area contributed by atoms with Gasteiger partial charge in [-0.05, 0) is 13.0 Å². The molecule has 1 unspecified atom stereocenters. The number of aliphatic imine (C=N–C) groups is 1. The first kappa shape index (κ1) is 5.35. The Hall–Kier alpha value is -1.31. The third-order valence-corrected chi connectivity index (χ3v) is 2.31. The van der Waals surface area contributed by atoms with Gasteiger partial charge in [0.05, 0.1) is 5.69 Å². The Morgan fingerprint density at radius 3 is 3.00 bits per heavy atom. The molecule has 0 aromatic heterocycles. The van der Waals surface area contributed by atoms with E-state index in [4.69, 9.17) is 4.74 Å². The molecule has 2 heteroatoms. The maximum atomic E-state index is 5.32. The monoisotopic (exact) mass is 145 g/mol. The summed E-state index contributed by atoms with van der Waals surface area (Å²) in [5.74, 6) is 0.874. The lowest BCUT2D eigenvalue weighted by molar-refractivity contribution is 0.345. The Morgan fingerprint density at radius 1 is 1.36 bits per heavy atom. The Labute approximate surface area is 64.5 Å². The predicted molar refractivity (Wildman–Crippen MR) is 42.0 cm³/mol. The maximum Gasteiger partial charge on any atom is 0.240 e. The van der Waals surface area contributed by atoms with E-state index in [0.717, 1.165) is 11.6 Å². The number of benzene rings is 1. The van der Waals surface area contributed by atoms with Gasteiger partial charge >= 0.3 is 0 Å². The average molecular weight is 145 g/mol. The van der Waals surface area contributed by atoms with Gasteiger partial charge in [-0.2, -0.15) is 0 Å². The minimum atomic E-state index is -0.156. The van der Waals surface area contributed by atoms with E-state index in [0.29, 0.717) is 0 Å². The minimum Gasteiger partial charge on any atom is -0.456 e. The number of hydrogen-bond donors (Lipinski definition) is 0. The Bertz CT molecular complexity index is 370. The molecule has 0 amide bonds. The number of epoxide rings is 1. The van der Waals surface area contributed by atoms with Gasteiger partial charge in [0.2, 0.25) is 11.5 Å². The number of ether oxygens (including phenoxy) is 1. The van der Waals surface area contributed by atoms with Gasteiger partial charge in [-0.25, -0.2) is 4.99 Å². The molecular formula is C9H7NO. The zero-order valence-corrected chi connectivity index (χ0v) is 6.16. The van der Waals surface area contributed by atoms with Gasteiger partial charge in [-0.15, -0.1) is 0 Å². The van der Waals surface area contributed by atoms with Crippen molar-refractivity contribution in [3.8, 4) is 0 Å². The Balaban J connectivity index is 2.33. The highest BCUT2D eigenvalue weighted by Crippen LogP contribution is 2.51. The largest absolute Gasteiger partial charge is 0.456 e. The summed E-state index contributed by atoms with van der Waals surface area (Å²) < 4.78 is 5.32. The molecule has 3 rings (SSSR count). The molecule has 0 N–H and O–H groups in total. The maximum absolute atomic E-state index is 5.32. The zero-order valence-electron chi connectivity index (χ0n) is 6.16. The van der Waals surface area contributed by atoms with Crippen LogP contribution in [-0.4, -0.2) is 5.90 Å². The molecule has 0 radical (unpaired) electrons. The van der Waals surface area contributed by atoms with E-state index in [9.17, 15) is 0 Å². The van der Waals surface area contributed by atoms with E-state index in [-0.39, 0.29) is 5.60 Å². The van der Waals surface area contributed by atoms with Crippen LogP contribution in [0.3, 0.4) is 0 Å². The van der Waals surface area contributed by atoms with Crippen molar-refractivity contribution in [1.29, 1.82) is 0 Å². The van der Waals surface area contributed by atoms with Crippen molar-refractivity contribution < 1.29 is 4.74 Å². The van der Waals surface area contributed by atoms with Crippen molar-refractivity contribution in [2.45, 2.75) is 12.5 Å². The molecule has 1 saturated heterocycles. The second-order valence-corrected chi connectivity index (χ2v) is 3.07. The van der Waals surface area contributed by atoms with Crippen molar-refractivity contribution >= 4 is 11.6 Å². The van der Waals surface area contributed by atoms with Crippen LogP contribution in [0.25, 0.3) is 0 Å². The fourth-order valence-electron chi connectivity index (χ4n) is 1.55. The summed E-state index contributed by atoms with van der Waals surface area (Å²) in [4.78, 5) is 4.29. The molecule has 54 valence electrons. The summed E-state index contributed by atoms with van der Waals surface area (Å²) in [5.41, 5.74) is 2.11. The van der Waals surface area contributed by atoms with E-state index < -0.39 is 0 Å². The van der Waals surface area contributed by atoms with Crippen molar-refractivity contribution in [2.24, 2.45) is 4.99 Å². The van der Waals surface area contributed by atoms with E-state index in [1.54, 1.807) is 0 Å². The molecule has 0 saturated carbocycles. The molecule has 1 aromatic carbocycles. The molecule has 0 spiro atoms. The van der Waals surface area contributed by atoms with E-state index in [2.05, 4.69) is 18.0 Å². The van der Waals surface area contributed by atoms with Crippen LogP contribution in [-0.2, 0) is 10.3 Å². The lowest BCUT2D eigenvalue weighted by Gasteiger charge is -2.01. The first-order chi connectivity index (χ1) is 5.31. The molecule has 1 aromatic rings. The SMILES string of the molecule is CC12OC1=Nc1ccccc12. The number of hydrogen-bond acceptors (Lipinski definition) is 2. The molecule has 2 aliphatic heterocycles. The van der Waals surface area contributed by atoms with Gasteiger partial charge in [-0.1, -0.05) is 18.2 Å². The number of nitrogens with zero attached hydrogens (tertiary/aromatic N) is 1. The van der Waals surface area contributed by atoms with Crippen LogP contribution in [0.15, 0.2) is 29.3 Å². The average Bonchev–Trinajstić information content (AvgIpc) is 2.57. The second-order valence-electron chi connectivity index (χ2n) is 3.07. The van der Waals surface area contributed by atoms with Gasteiger partial charge in [0, 0.05) is 5.56 Å². The summed E-state index contributed by atoms with van der Waals surface area (Å²) in [6.45, 7) is 2.05. The van der Waals surface area contributed by atoms with Gasteiger partial charge in [0.1, 0.15) is 0 Å². The van der Waals surface area contributed by atoms with Crippen molar-refractivity contribution in [1.82, 2.24) is 0 Å². The smallest absolute Gasteiger partial charge is 0.240 e. The fraction of sp³-hybridized carbons (Fsp3) is 0.222. The molecule has 2 heterocycles. The van der Waals surface area contributed by atoms with Crippen molar-refractivity contribution in [3.63, 3.8) is 0 Å². The van der Waals surface area contributed by atoms with Crippen LogP contribution in [0.4, 0.5) is 5.69 Å². The van der Waals surface area contributed by atoms with Crippen LogP contribution in [0.2, 0.25) is 0 Å².